The molecule has 1 atom stereocenters. The van der Waals surface area contributed by atoms with Crippen molar-refractivity contribution >= 4 is 11.7 Å². The maximum absolute atomic E-state index is 11.6. The Kier molecular flexibility index (Phi) is 4.46. The van der Waals surface area contributed by atoms with E-state index in [1.165, 1.54) is 6.20 Å². The molecule has 0 radical (unpaired) electrons. The number of carbonyl (C=O) groups is 1. The Bertz CT molecular complexity index is 419. The normalized spacial score (nSPS) is 11.7. The summed E-state index contributed by atoms with van der Waals surface area (Å²) in [6.45, 7) is 3.91. The number of hydrogen-bond donors (Lipinski definition) is 2. The standard InChI is InChI=1S/C12H16N4O/c1-8(2)11(12(17)14-3)16-10-5-4-9(6-13)7-15-10/h4-5,7-8,11H,1-3H3,(H,14,17)(H,15,16). The minimum Gasteiger partial charge on any atom is -0.358 e. The number of carbonyl (C=O) groups excluding carboxylic acids is 1. The number of anilines is 1. The van der Waals surface area contributed by atoms with Crippen molar-refractivity contribution in [1.29, 1.82) is 5.26 Å². The second-order valence-electron chi connectivity index (χ2n) is 4.02. The van der Waals surface area contributed by atoms with Gasteiger partial charge in [0.25, 0.3) is 0 Å². The number of aromatic nitrogens is 1. The molecule has 0 saturated carbocycles. The summed E-state index contributed by atoms with van der Waals surface area (Å²) in [6.07, 6.45) is 1.48. The molecule has 1 amide bonds. The molecule has 90 valence electrons. The van der Waals surface area contributed by atoms with Gasteiger partial charge in [-0.05, 0) is 18.1 Å². The van der Waals surface area contributed by atoms with Gasteiger partial charge in [0, 0.05) is 13.2 Å². The zero-order chi connectivity index (χ0) is 12.8. The predicted octanol–water partition coefficient (Wildman–Crippen LogP) is 1.14. The molecule has 0 aliphatic rings. The van der Waals surface area contributed by atoms with Gasteiger partial charge in [-0.1, -0.05) is 13.8 Å². The zero-order valence-corrected chi connectivity index (χ0v) is 10.2. The third-order valence-corrected chi connectivity index (χ3v) is 2.39. The van der Waals surface area contributed by atoms with Crippen molar-refractivity contribution in [2.75, 3.05) is 12.4 Å². The molecule has 0 spiro atoms. The summed E-state index contributed by atoms with van der Waals surface area (Å²) in [4.78, 5) is 15.7. The molecular formula is C12H16N4O. The highest BCUT2D eigenvalue weighted by Crippen LogP contribution is 2.11. The van der Waals surface area contributed by atoms with Crippen LogP contribution in [0.4, 0.5) is 5.82 Å². The zero-order valence-electron chi connectivity index (χ0n) is 10.2. The molecule has 2 N–H and O–H groups in total. The van der Waals surface area contributed by atoms with Crippen molar-refractivity contribution in [3.05, 3.63) is 23.9 Å². The van der Waals surface area contributed by atoms with Gasteiger partial charge in [0.2, 0.25) is 5.91 Å². The fourth-order valence-electron chi connectivity index (χ4n) is 1.40. The highest BCUT2D eigenvalue weighted by atomic mass is 16.2. The van der Waals surface area contributed by atoms with Crippen LogP contribution in [-0.4, -0.2) is 24.0 Å². The number of hydrogen-bond acceptors (Lipinski definition) is 4. The first kappa shape index (κ1) is 13.0. The van der Waals surface area contributed by atoms with Crippen LogP contribution in [0.15, 0.2) is 18.3 Å². The molecule has 0 fully saturated rings. The largest absolute Gasteiger partial charge is 0.358 e. The monoisotopic (exact) mass is 232 g/mol. The molecule has 5 heteroatoms. The maximum Gasteiger partial charge on any atom is 0.242 e. The number of nitrogens with zero attached hydrogens (tertiary/aromatic N) is 2. The number of amides is 1. The van der Waals surface area contributed by atoms with E-state index in [4.69, 9.17) is 5.26 Å². The molecule has 17 heavy (non-hydrogen) atoms. The first-order valence-corrected chi connectivity index (χ1v) is 5.42. The van der Waals surface area contributed by atoms with Crippen molar-refractivity contribution in [3.63, 3.8) is 0 Å². The van der Waals surface area contributed by atoms with Crippen molar-refractivity contribution in [3.8, 4) is 6.07 Å². The topological polar surface area (TPSA) is 77.8 Å². The SMILES string of the molecule is CNC(=O)C(Nc1ccc(C#N)cn1)C(C)C. The van der Waals surface area contributed by atoms with Gasteiger partial charge in [0.1, 0.15) is 17.9 Å². The Balaban J connectivity index is 2.79. The Morgan fingerprint density at radius 2 is 2.18 bits per heavy atom. The van der Waals surface area contributed by atoms with Crippen molar-refractivity contribution < 1.29 is 4.79 Å². The van der Waals surface area contributed by atoms with E-state index in [0.29, 0.717) is 11.4 Å². The second-order valence-corrected chi connectivity index (χ2v) is 4.02. The molecule has 1 aromatic heterocycles. The lowest BCUT2D eigenvalue weighted by Crippen LogP contribution is -2.41. The molecule has 0 aliphatic heterocycles. The van der Waals surface area contributed by atoms with E-state index in [0.717, 1.165) is 0 Å². The first-order chi connectivity index (χ1) is 8.08. The number of likely N-dealkylation sites (N-methyl/N-ethyl adjacent to an activating group) is 1. The second kappa shape index (κ2) is 5.85. The first-order valence-electron chi connectivity index (χ1n) is 5.42. The Morgan fingerprint density at radius 1 is 1.47 bits per heavy atom. The number of rotatable bonds is 4. The van der Waals surface area contributed by atoms with E-state index in [-0.39, 0.29) is 17.9 Å². The van der Waals surface area contributed by atoms with Crippen LogP contribution in [0.25, 0.3) is 0 Å². The van der Waals surface area contributed by atoms with Gasteiger partial charge in [-0.25, -0.2) is 4.98 Å². The lowest BCUT2D eigenvalue weighted by atomic mass is 10.0. The molecule has 0 aromatic carbocycles. The summed E-state index contributed by atoms with van der Waals surface area (Å²) >= 11 is 0. The molecule has 5 nitrogen and oxygen atoms in total. The number of nitriles is 1. The van der Waals surface area contributed by atoms with Crippen LogP contribution in [-0.2, 0) is 4.79 Å². The summed E-state index contributed by atoms with van der Waals surface area (Å²) in [5, 5.41) is 14.3. The van der Waals surface area contributed by atoms with E-state index in [2.05, 4.69) is 15.6 Å². The van der Waals surface area contributed by atoms with Gasteiger partial charge in [-0.15, -0.1) is 0 Å². The van der Waals surface area contributed by atoms with Crippen molar-refractivity contribution in [1.82, 2.24) is 10.3 Å². The summed E-state index contributed by atoms with van der Waals surface area (Å²) in [5.74, 6) is 0.657. The quantitative estimate of drug-likeness (QED) is 0.816. The molecule has 1 unspecified atom stereocenters. The molecule has 0 saturated heterocycles. The number of pyridine rings is 1. The predicted molar refractivity (Wildman–Crippen MR) is 65.3 cm³/mol. The third-order valence-electron chi connectivity index (χ3n) is 2.39. The average molecular weight is 232 g/mol. The van der Waals surface area contributed by atoms with Crippen molar-refractivity contribution in [2.24, 2.45) is 5.92 Å². The Hall–Kier alpha value is -2.09. The van der Waals surface area contributed by atoms with Gasteiger partial charge < -0.3 is 10.6 Å². The molecule has 1 aromatic rings. The third kappa shape index (κ3) is 3.45. The molecule has 0 aliphatic carbocycles. The van der Waals surface area contributed by atoms with Crippen LogP contribution in [0.5, 0.6) is 0 Å². The Morgan fingerprint density at radius 3 is 2.59 bits per heavy atom. The van der Waals surface area contributed by atoms with Gasteiger partial charge in [-0.3, -0.25) is 4.79 Å². The van der Waals surface area contributed by atoms with Gasteiger partial charge >= 0.3 is 0 Å². The minimum absolute atomic E-state index is 0.0776. The van der Waals surface area contributed by atoms with Gasteiger partial charge in [0.15, 0.2) is 0 Å². The lowest BCUT2D eigenvalue weighted by molar-refractivity contribution is -0.122. The molecule has 1 rings (SSSR count). The summed E-state index contributed by atoms with van der Waals surface area (Å²) in [5.41, 5.74) is 0.497. The molecular weight excluding hydrogens is 216 g/mol. The van der Waals surface area contributed by atoms with E-state index in [1.54, 1.807) is 19.2 Å². The van der Waals surface area contributed by atoms with Crippen LogP contribution in [0.3, 0.4) is 0 Å². The van der Waals surface area contributed by atoms with Crippen molar-refractivity contribution in [2.45, 2.75) is 19.9 Å². The Labute approximate surface area is 101 Å². The van der Waals surface area contributed by atoms with Gasteiger partial charge in [-0.2, -0.15) is 5.26 Å². The molecule has 0 bridgehead atoms. The smallest absolute Gasteiger partial charge is 0.242 e. The van der Waals surface area contributed by atoms with Crippen LogP contribution in [0.1, 0.15) is 19.4 Å². The van der Waals surface area contributed by atoms with E-state index in [1.807, 2.05) is 19.9 Å². The number of nitrogens with one attached hydrogen (secondary N) is 2. The van der Waals surface area contributed by atoms with E-state index in [9.17, 15) is 4.79 Å². The lowest BCUT2D eigenvalue weighted by Gasteiger charge is -2.21. The minimum atomic E-state index is -0.333. The fraction of sp³-hybridized carbons (Fsp3) is 0.417. The van der Waals surface area contributed by atoms with Crippen LogP contribution < -0.4 is 10.6 Å². The highest BCUT2D eigenvalue weighted by Gasteiger charge is 2.20. The van der Waals surface area contributed by atoms with Crippen LogP contribution >= 0.6 is 0 Å². The van der Waals surface area contributed by atoms with Crippen LogP contribution in [0.2, 0.25) is 0 Å². The summed E-state index contributed by atoms with van der Waals surface area (Å²) in [7, 11) is 1.60. The van der Waals surface area contributed by atoms with E-state index < -0.39 is 0 Å². The summed E-state index contributed by atoms with van der Waals surface area (Å²) < 4.78 is 0. The fourth-order valence-corrected chi connectivity index (χ4v) is 1.40. The summed E-state index contributed by atoms with van der Waals surface area (Å²) in [6, 6.07) is 5.02. The molecule has 1 heterocycles. The van der Waals surface area contributed by atoms with Crippen LogP contribution in [0, 0.1) is 17.2 Å². The average Bonchev–Trinajstić information content (AvgIpc) is 2.35. The highest BCUT2D eigenvalue weighted by molar-refractivity contribution is 5.84. The van der Waals surface area contributed by atoms with Gasteiger partial charge in [0.05, 0.1) is 5.56 Å². The van der Waals surface area contributed by atoms with E-state index >= 15 is 0 Å². The maximum atomic E-state index is 11.6.